The maximum atomic E-state index is 11.4. The van der Waals surface area contributed by atoms with Gasteiger partial charge in [0, 0.05) is 10.8 Å². The zero-order valence-electron chi connectivity index (χ0n) is 8.78. The molecule has 0 N–H and O–H groups in total. The van der Waals surface area contributed by atoms with E-state index in [0.29, 0.717) is 21.7 Å². The van der Waals surface area contributed by atoms with Crippen LogP contribution in [0.4, 0.5) is 0 Å². The van der Waals surface area contributed by atoms with Crippen LogP contribution in [0.1, 0.15) is 21.5 Å². The first-order valence-electron chi connectivity index (χ1n) is 4.39. The van der Waals surface area contributed by atoms with Crippen LogP contribution in [-0.2, 0) is 21.6 Å². The van der Waals surface area contributed by atoms with Crippen molar-refractivity contribution in [3.05, 3.63) is 33.8 Å². The summed E-state index contributed by atoms with van der Waals surface area (Å²) in [6, 6.07) is 3.00. The average molecular weight is 262 g/mol. The number of benzene rings is 1. The van der Waals surface area contributed by atoms with Crippen molar-refractivity contribution in [2.24, 2.45) is 0 Å². The van der Waals surface area contributed by atoms with Gasteiger partial charge >= 0.3 is 5.97 Å². The molecule has 0 bridgehead atoms. The molecule has 1 unspecified atom stereocenters. The average Bonchev–Trinajstić information content (AvgIpc) is 2.20. The van der Waals surface area contributed by atoms with Crippen LogP contribution in [0.15, 0.2) is 12.1 Å². The molecule has 0 amide bonds. The monoisotopic (exact) mass is 261 g/mol. The molecule has 0 aromatic heterocycles. The van der Waals surface area contributed by atoms with Gasteiger partial charge in [0.1, 0.15) is 0 Å². The van der Waals surface area contributed by atoms with Crippen LogP contribution in [0.25, 0.3) is 0 Å². The zero-order valence-corrected chi connectivity index (χ0v) is 10.4. The highest BCUT2D eigenvalue weighted by Crippen LogP contribution is 2.23. The van der Waals surface area contributed by atoms with Crippen molar-refractivity contribution in [2.75, 3.05) is 7.11 Å². The number of halogens is 1. The van der Waals surface area contributed by atoms with E-state index < -0.39 is 17.0 Å². The fourth-order valence-corrected chi connectivity index (χ4v) is 2.14. The summed E-state index contributed by atoms with van der Waals surface area (Å²) in [5.74, 6) is -0.726. The number of esters is 1. The van der Waals surface area contributed by atoms with Crippen LogP contribution in [0.2, 0.25) is 5.02 Å². The van der Waals surface area contributed by atoms with E-state index in [2.05, 4.69) is 4.74 Å². The van der Waals surface area contributed by atoms with E-state index in [1.165, 1.54) is 13.2 Å². The van der Waals surface area contributed by atoms with E-state index >= 15 is 0 Å². The molecule has 1 aromatic carbocycles. The molecule has 0 aliphatic rings. The molecular weight excluding hydrogens is 252 g/mol. The minimum absolute atomic E-state index is 0.219. The third-order valence-corrected chi connectivity index (χ3v) is 2.97. The SMILES string of the molecule is COC(=O)c1cc(CS(=O)[O-])c(Cl)cc1C. The fraction of sp³-hybridized carbons (Fsp3) is 0.300. The Morgan fingerprint density at radius 1 is 1.56 bits per heavy atom. The number of rotatable bonds is 3. The second-order valence-corrected chi connectivity index (χ2v) is 4.50. The summed E-state index contributed by atoms with van der Waals surface area (Å²) in [4.78, 5) is 11.4. The van der Waals surface area contributed by atoms with Gasteiger partial charge < -0.3 is 9.29 Å². The lowest BCUT2D eigenvalue weighted by Crippen LogP contribution is -2.06. The number of ether oxygens (including phenoxy) is 1. The molecule has 0 radical (unpaired) electrons. The van der Waals surface area contributed by atoms with Crippen molar-refractivity contribution in [1.82, 2.24) is 0 Å². The topological polar surface area (TPSA) is 66.4 Å². The van der Waals surface area contributed by atoms with Gasteiger partial charge in [-0.05, 0) is 30.2 Å². The van der Waals surface area contributed by atoms with Crippen LogP contribution in [-0.4, -0.2) is 21.8 Å². The molecule has 0 heterocycles. The molecule has 0 fully saturated rings. The van der Waals surface area contributed by atoms with Crippen molar-refractivity contribution >= 4 is 28.7 Å². The number of carbonyl (C=O) groups excluding carboxylic acids is 1. The lowest BCUT2D eigenvalue weighted by molar-refractivity contribution is 0.0600. The predicted molar refractivity (Wildman–Crippen MR) is 60.2 cm³/mol. The minimum atomic E-state index is -2.24. The molecule has 0 saturated carbocycles. The van der Waals surface area contributed by atoms with Crippen molar-refractivity contribution in [1.29, 1.82) is 0 Å². The normalized spacial score (nSPS) is 12.2. The minimum Gasteiger partial charge on any atom is -0.772 e. The van der Waals surface area contributed by atoms with Crippen LogP contribution < -0.4 is 0 Å². The molecule has 0 aliphatic heterocycles. The van der Waals surface area contributed by atoms with E-state index in [9.17, 15) is 13.6 Å². The van der Waals surface area contributed by atoms with Gasteiger partial charge in [-0.3, -0.25) is 4.21 Å². The van der Waals surface area contributed by atoms with Gasteiger partial charge in [-0.25, -0.2) is 4.79 Å². The molecular formula is C10H10ClO4S-. The van der Waals surface area contributed by atoms with Gasteiger partial charge in [0.15, 0.2) is 0 Å². The first-order chi connectivity index (χ1) is 7.45. The number of hydrogen-bond acceptors (Lipinski definition) is 4. The van der Waals surface area contributed by atoms with E-state index in [0.717, 1.165) is 0 Å². The van der Waals surface area contributed by atoms with Crippen molar-refractivity contribution in [3.63, 3.8) is 0 Å². The number of methoxy groups -OCH3 is 1. The molecule has 16 heavy (non-hydrogen) atoms. The maximum Gasteiger partial charge on any atom is 0.338 e. The standard InChI is InChI=1S/C10H11ClO4S/c1-6-3-9(11)7(5-16(13)14)4-8(6)10(12)15-2/h3-4H,5H2,1-2H3,(H,13,14)/p-1. The third kappa shape index (κ3) is 3.04. The molecule has 88 valence electrons. The van der Waals surface area contributed by atoms with Crippen LogP contribution in [0, 0.1) is 6.92 Å². The fourth-order valence-electron chi connectivity index (χ4n) is 1.28. The molecule has 1 aromatic rings. The molecule has 1 atom stereocenters. The number of carbonyl (C=O) groups is 1. The second-order valence-electron chi connectivity index (χ2n) is 3.20. The highest BCUT2D eigenvalue weighted by Gasteiger charge is 2.12. The zero-order chi connectivity index (χ0) is 12.3. The van der Waals surface area contributed by atoms with Crippen molar-refractivity contribution in [2.45, 2.75) is 12.7 Å². The molecule has 0 aliphatic carbocycles. The van der Waals surface area contributed by atoms with Gasteiger partial charge in [0.2, 0.25) is 0 Å². The van der Waals surface area contributed by atoms with Gasteiger partial charge in [0.25, 0.3) is 0 Å². The predicted octanol–water partition coefficient (Wildman–Crippen LogP) is 1.81. The first-order valence-corrected chi connectivity index (χ1v) is 6.01. The Bertz CT molecular complexity index is 445. The Hall–Kier alpha value is -0.910. The maximum absolute atomic E-state index is 11.4. The lowest BCUT2D eigenvalue weighted by atomic mass is 10.1. The van der Waals surface area contributed by atoms with Gasteiger partial charge in [-0.15, -0.1) is 0 Å². The third-order valence-electron chi connectivity index (χ3n) is 2.07. The summed E-state index contributed by atoms with van der Waals surface area (Å²) in [5.41, 5.74) is 1.37. The van der Waals surface area contributed by atoms with Crippen LogP contribution in [0.3, 0.4) is 0 Å². The quantitative estimate of drug-likeness (QED) is 0.615. The largest absolute Gasteiger partial charge is 0.772 e. The summed E-state index contributed by atoms with van der Waals surface area (Å²) in [6.07, 6.45) is 0. The Balaban J connectivity index is 3.21. The summed E-state index contributed by atoms with van der Waals surface area (Å²) in [7, 11) is 1.27. The van der Waals surface area contributed by atoms with Crippen LogP contribution >= 0.6 is 11.6 Å². The van der Waals surface area contributed by atoms with Gasteiger partial charge in [-0.2, -0.15) is 0 Å². The van der Waals surface area contributed by atoms with Crippen molar-refractivity contribution in [3.8, 4) is 0 Å². The Kier molecular flexibility index (Phi) is 4.46. The van der Waals surface area contributed by atoms with E-state index in [1.54, 1.807) is 13.0 Å². The summed E-state index contributed by atoms with van der Waals surface area (Å²) < 4.78 is 25.7. The second kappa shape index (κ2) is 5.43. The molecule has 4 nitrogen and oxygen atoms in total. The Morgan fingerprint density at radius 2 is 2.19 bits per heavy atom. The Labute approximate surface area is 101 Å². The van der Waals surface area contributed by atoms with Gasteiger partial charge in [0.05, 0.1) is 12.7 Å². The molecule has 0 saturated heterocycles. The Morgan fingerprint density at radius 3 is 2.69 bits per heavy atom. The summed E-state index contributed by atoms with van der Waals surface area (Å²) in [5, 5.41) is 0.328. The van der Waals surface area contributed by atoms with E-state index in [-0.39, 0.29) is 5.75 Å². The number of hydrogen-bond donors (Lipinski definition) is 0. The van der Waals surface area contributed by atoms with E-state index in [4.69, 9.17) is 11.6 Å². The molecule has 0 spiro atoms. The highest BCUT2D eigenvalue weighted by molar-refractivity contribution is 7.78. The lowest BCUT2D eigenvalue weighted by Gasteiger charge is -2.11. The molecule has 6 heteroatoms. The van der Waals surface area contributed by atoms with E-state index in [1.807, 2.05) is 0 Å². The summed E-state index contributed by atoms with van der Waals surface area (Å²) >= 11 is 3.62. The van der Waals surface area contributed by atoms with Crippen molar-refractivity contribution < 1.29 is 18.3 Å². The highest BCUT2D eigenvalue weighted by atomic mass is 35.5. The summed E-state index contributed by atoms with van der Waals surface area (Å²) in [6.45, 7) is 1.70. The number of aryl methyl sites for hydroxylation is 1. The first kappa shape index (κ1) is 13.2. The van der Waals surface area contributed by atoms with Gasteiger partial charge in [-0.1, -0.05) is 22.7 Å². The van der Waals surface area contributed by atoms with Crippen LogP contribution in [0.5, 0.6) is 0 Å². The molecule has 1 rings (SSSR count). The smallest absolute Gasteiger partial charge is 0.338 e.